The van der Waals surface area contributed by atoms with Crippen LogP contribution >= 0.6 is 0 Å². The number of aliphatic hydroxyl groups is 1. The van der Waals surface area contributed by atoms with Crippen LogP contribution in [0.3, 0.4) is 0 Å². The van der Waals surface area contributed by atoms with E-state index in [-0.39, 0.29) is 6.61 Å². The number of aliphatic hydroxyl groups excluding tert-OH is 1. The van der Waals surface area contributed by atoms with E-state index in [0.717, 1.165) is 23.4 Å². The maximum Gasteiger partial charge on any atom is 0.219 e. The second kappa shape index (κ2) is 6.91. The first kappa shape index (κ1) is 14.3. The molecule has 0 atom stereocenters. The van der Waals surface area contributed by atoms with Crippen LogP contribution in [0.15, 0.2) is 36.4 Å². The van der Waals surface area contributed by atoms with E-state index in [0.29, 0.717) is 18.2 Å². The first-order valence-electron chi connectivity index (χ1n) is 6.71. The summed E-state index contributed by atoms with van der Waals surface area (Å²) in [4.78, 5) is 4.30. The molecule has 0 unspecified atom stereocenters. The molecule has 20 heavy (non-hydrogen) atoms. The van der Waals surface area contributed by atoms with Gasteiger partial charge in [-0.1, -0.05) is 6.92 Å². The molecule has 0 amide bonds. The Morgan fingerprint density at radius 3 is 2.35 bits per heavy atom. The smallest absolute Gasteiger partial charge is 0.219 e. The minimum absolute atomic E-state index is 0.0113. The van der Waals surface area contributed by atoms with Gasteiger partial charge in [-0.25, -0.2) is 4.98 Å². The van der Waals surface area contributed by atoms with Crippen LogP contribution in [0.25, 0.3) is 0 Å². The Balaban J connectivity index is 2.04. The highest BCUT2D eigenvalue weighted by Crippen LogP contribution is 2.23. The van der Waals surface area contributed by atoms with E-state index in [4.69, 9.17) is 14.6 Å². The fourth-order valence-electron chi connectivity index (χ4n) is 1.74. The van der Waals surface area contributed by atoms with Crippen molar-refractivity contribution < 1.29 is 14.6 Å². The van der Waals surface area contributed by atoms with Crippen LogP contribution < -0.4 is 9.47 Å². The monoisotopic (exact) mass is 273 g/mol. The quantitative estimate of drug-likeness (QED) is 0.875. The molecule has 1 heterocycles. The van der Waals surface area contributed by atoms with Gasteiger partial charge in [0.2, 0.25) is 5.88 Å². The number of rotatable bonds is 6. The lowest BCUT2D eigenvalue weighted by Gasteiger charge is -2.09. The van der Waals surface area contributed by atoms with Crippen LogP contribution in [0, 0.1) is 6.92 Å². The summed E-state index contributed by atoms with van der Waals surface area (Å²) in [7, 11) is 0. The van der Waals surface area contributed by atoms with Crippen molar-refractivity contribution >= 4 is 0 Å². The molecule has 0 aliphatic carbocycles. The fraction of sp³-hybridized carbons (Fsp3) is 0.312. The summed E-state index contributed by atoms with van der Waals surface area (Å²) in [6, 6.07) is 11.0. The molecular weight excluding hydrogens is 254 g/mol. The van der Waals surface area contributed by atoms with Crippen molar-refractivity contribution in [3.63, 3.8) is 0 Å². The van der Waals surface area contributed by atoms with Crippen molar-refractivity contribution in [2.75, 3.05) is 6.61 Å². The average molecular weight is 273 g/mol. The van der Waals surface area contributed by atoms with E-state index in [9.17, 15) is 0 Å². The SMILES string of the molecule is CCCOc1ccc(Oc2ccc(CO)c(C)n2)cc1. The van der Waals surface area contributed by atoms with Gasteiger partial charge in [0.1, 0.15) is 11.5 Å². The Kier molecular flexibility index (Phi) is 4.96. The van der Waals surface area contributed by atoms with Crippen molar-refractivity contribution in [3.05, 3.63) is 47.7 Å². The number of hydrogen-bond donors (Lipinski definition) is 1. The first-order valence-corrected chi connectivity index (χ1v) is 6.71. The van der Waals surface area contributed by atoms with Crippen LogP contribution in [0.1, 0.15) is 24.6 Å². The number of aromatic nitrogens is 1. The lowest BCUT2D eigenvalue weighted by atomic mass is 10.2. The molecule has 0 fully saturated rings. The van der Waals surface area contributed by atoms with Gasteiger partial charge in [-0.15, -0.1) is 0 Å². The van der Waals surface area contributed by atoms with Gasteiger partial charge in [-0.2, -0.15) is 0 Å². The van der Waals surface area contributed by atoms with Gasteiger partial charge in [0.05, 0.1) is 13.2 Å². The van der Waals surface area contributed by atoms with Crippen LogP contribution in [0.5, 0.6) is 17.4 Å². The lowest BCUT2D eigenvalue weighted by molar-refractivity contribution is 0.280. The summed E-state index contributed by atoms with van der Waals surface area (Å²) >= 11 is 0. The summed E-state index contributed by atoms with van der Waals surface area (Å²) < 4.78 is 11.2. The number of benzene rings is 1. The molecule has 0 radical (unpaired) electrons. The van der Waals surface area contributed by atoms with Crippen LogP contribution in [0.2, 0.25) is 0 Å². The number of hydrogen-bond acceptors (Lipinski definition) is 4. The van der Waals surface area contributed by atoms with E-state index in [1.807, 2.05) is 37.3 Å². The maximum atomic E-state index is 9.11. The second-order valence-electron chi connectivity index (χ2n) is 4.47. The Hall–Kier alpha value is -2.07. The van der Waals surface area contributed by atoms with Gasteiger partial charge in [0.15, 0.2) is 0 Å². The largest absolute Gasteiger partial charge is 0.494 e. The topological polar surface area (TPSA) is 51.6 Å². The number of nitrogens with zero attached hydrogens (tertiary/aromatic N) is 1. The van der Waals surface area contributed by atoms with Gasteiger partial charge < -0.3 is 14.6 Å². The molecule has 1 N–H and O–H groups in total. The van der Waals surface area contributed by atoms with Crippen LogP contribution in [-0.4, -0.2) is 16.7 Å². The molecule has 0 saturated carbocycles. The minimum Gasteiger partial charge on any atom is -0.494 e. The highest BCUT2D eigenvalue weighted by atomic mass is 16.5. The van der Waals surface area contributed by atoms with Gasteiger partial charge in [-0.05, 0) is 49.2 Å². The molecular formula is C16H19NO3. The van der Waals surface area contributed by atoms with E-state index < -0.39 is 0 Å². The molecule has 0 aliphatic heterocycles. The predicted octanol–water partition coefficient (Wildman–Crippen LogP) is 3.46. The predicted molar refractivity (Wildman–Crippen MR) is 77.2 cm³/mol. The molecule has 2 aromatic rings. The minimum atomic E-state index is -0.0113. The van der Waals surface area contributed by atoms with Crippen molar-refractivity contribution in [1.29, 1.82) is 0 Å². The molecule has 0 bridgehead atoms. The summed E-state index contributed by atoms with van der Waals surface area (Å²) in [5.74, 6) is 2.05. The molecule has 4 nitrogen and oxygen atoms in total. The first-order chi connectivity index (χ1) is 9.72. The van der Waals surface area contributed by atoms with Crippen molar-refractivity contribution in [2.24, 2.45) is 0 Å². The summed E-state index contributed by atoms with van der Waals surface area (Å²) in [6.45, 7) is 4.62. The number of ether oxygens (including phenoxy) is 2. The molecule has 2 rings (SSSR count). The molecule has 0 spiro atoms. The van der Waals surface area contributed by atoms with Gasteiger partial charge in [0.25, 0.3) is 0 Å². The molecule has 1 aromatic heterocycles. The van der Waals surface area contributed by atoms with Gasteiger partial charge in [0, 0.05) is 11.8 Å². The third-order valence-corrected chi connectivity index (χ3v) is 2.86. The summed E-state index contributed by atoms with van der Waals surface area (Å²) in [5.41, 5.74) is 1.58. The lowest BCUT2D eigenvalue weighted by Crippen LogP contribution is -1.96. The zero-order valence-corrected chi connectivity index (χ0v) is 11.8. The van der Waals surface area contributed by atoms with Crippen molar-refractivity contribution in [2.45, 2.75) is 26.9 Å². The highest BCUT2D eigenvalue weighted by Gasteiger charge is 2.03. The van der Waals surface area contributed by atoms with E-state index in [2.05, 4.69) is 11.9 Å². The third-order valence-electron chi connectivity index (χ3n) is 2.86. The molecule has 106 valence electrons. The maximum absolute atomic E-state index is 9.11. The third kappa shape index (κ3) is 3.71. The Labute approximate surface area is 119 Å². The average Bonchev–Trinajstić information content (AvgIpc) is 2.47. The second-order valence-corrected chi connectivity index (χ2v) is 4.47. The Bertz CT molecular complexity index is 552. The van der Waals surface area contributed by atoms with E-state index in [1.165, 1.54) is 0 Å². The number of aryl methyl sites for hydroxylation is 1. The Morgan fingerprint density at radius 1 is 1.05 bits per heavy atom. The standard InChI is InChI=1S/C16H19NO3/c1-3-10-19-14-5-7-15(8-6-14)20-16-9-4-13(11-18)12(2)17-16/h4-9,18H,3,10-11H2,1-2H3. The number of pyridine rings is 1. The fourth-order valence-corrected chi connectivity index (χ4v) is 1.74. The molecule has 0 aliphatic rings. The normalized spacial score (nSPS) is 10.3. The van der Waals surface area contributed by atoms with E-state index in [1.54, 1.807) is 6.07 Å². The summed E-state index contributed by atoms with van der Waals surface area (Å²) in [5, 5.41) is 9.11. The van der Waals surface area contributed by atoms with Crippen molar-refractivity contribution in [1.82, 2.24) is 4.98 Å². The zero-order chi connectivity index (χ0) is 14.4. The zero-order valence-electron chi connectivity index (χ0n) is 11.8. The molecule has 0 saturated heterocycles. The van der Waals surface area contributed by atoms with E-state index >= 15 is 0 Å². The van der Waals surface area contributed by atoms with Crippen LogP contribution in [0.4, 0.5) is 0 Å². The van der Waals surface area contributed by atoms with Gasteiger partial charge in [-0.3, -0.25) is 0 Å². The van der Waals surface area contributed by atoms with Gasteiger partial charge >= 0.3 is 0 Å². The molecule has 4 heteroatoms. The van der Waals surface area contributed by atoms with Crippen molar-refractivity contribution in [3.8, 4) is 17.4 Å². The Morgan fingerprint density at radius 2 is 1.75 bits per heavy atom. The highest BCUT2D eigenvalue weighted by molar-refractivity contribution is 5.34. The molecule has 1 aromatic carbocycles. The summed E-state index contributed by atoms with van der Waals surface area (Å²) in [6.07, 6.45) is 0.985. The van der Waals surface area contributed by atoms with Crippen LogP contribution in [-0.2, 0) is 6.61 Å².